The average Bonchev–Trinajstić information content (AvgIpc) is 3.22. The molecule has 1 amide bonds. The summed E-state index contributed by atoms with van der Waals surface area (Å²) in [6.45, 7) is 0.196. The van der Waals surface area contributed by atoms with Crippen molar-refractivity contribution in [2.45, 2.75) is 25.6 Å². The third kappa shape index (κ3) is 6.23. The lowest BCUT2D eigenvalue weighted by Crippen LogP contribution is -2.41. The molecule has 1 fully saturated rings. The minimum atomic E-state index is -4.29. The van der Waals surface area contributed by atoms with Gasteiger partial charge in [-0.05, 0) is 48.7 Å². The summed E-state index contributed by atoms with van der Waals surface area (Å²) in [7, 11) is 1.72. The molecule has 1 aromatic heterocycles. The van der Waals surface area contributed by atoms with Crippen LogP contribution >= 0.6 is 34.8 Å². The number of piperidine rings is 1. The van der Waals surface area contributed by atoms with Gasteiger partial charge in [-0.3, -0.25) is 4.79 Å². The van der Waals surface area contributed by atoms with Crippen LogP contribution in [-0.4, -0.2) is 34.7 Å². The number of anilines is 3. The molecule has 0 spiro atoms. The molecule has 5 rings (SSSR count). The van der Waals surface area contributed by atoms with Gasteiger partial charge in [0.15, 0.2) is 0 Å². The van der Waals surface area contributed by atoms with Gasteiger partial charge in [-0.15, -0.1) is 0 Å². The van der Waals surface area contributed by atoms with Crippen molar-refractivity contribution in [1.82, 2.24) is 14.9 Å². The Morgan fingerprint density at radius 2 is 1.76 bits per heavy atom. The van der Waals surface area contributed by atoms with Crippen LogP contribution in [0.3, 0.4) is 0 Å². The van der Waals surface area contributed by atoms with Crippen molar-refractivity contribution >= 4 is 69.1 Å². The second-order valence-corrected chi connectivity index (χ2v) is 11.2. The molecule has 0 radical (unpaired) electrons. The van der Waals surface area contributed by atoms with E-state index in [4.69, 9.17) is 34.8 Å². The third-order valence-corrected chi connectivity index (χ3v) is 8.20. The number of benzene rings is 3. The van der Waals surface area contributed by atoms with E-state index >= 15 is 0 Å². The Hall–Kier alpha value is -3.28. The molecule has 14 heteroatoms. The summed E-state index contributed by atoms with van der Waals surface area (Å²) < 4.78 is 68.9. The molecule has 4 aromatic rings. The fraction of sp³-hybridized carbons (Fsp3) is 0.286. The number of hydrogen-bond acceptors (Lipinski definition) is 4. The van der Waals surface area contributed by atoms with Gasteiger partial charge in [-0.25, -0.2) is 13.8 Å². The Balaban J connectivity index is 1.38. The SMILES string of the molecule is Cn1c(Nc2c(Cl)ccc(CNC(=O)c3cc(F)cc(F)c3)c2Cl)nc2cc(Cl)c(N3CCCC(C(F)(F)F)C3)cc21. The third-order valence-electron chi connectivity index (χ3n) is 7.15. The summed E-state index contributed by atoms with van der Waals surface area (Å²) in [5.74, 6) is -3.57. The Morgan fingerprint density at radius 1 is 1.05 bits per heavy atom. The first-order chi connectivity index (χ1) is 19.8. The molecule has 1 aliphatic rings. The zero-order chi connectivity index (χ0) is 30.3. The zero-order valence-electron chi connectivity index (χ0n) is 21.9. The van der Waals surface area contributed by atoms with Crippen molar-refractivity contribution in [2.24, 2.45) is 13.0 Å². The number of rotatable bonds is 6. The number of nitrogens with zero attached hydrogens (tertiary/aromatic N) is 3. The van der Waals surface area contributed by atoms with Crippen molar-refractivity contribution in [1.29, 1.82) is 0 Å². The number of alkyl halides is 3. The van der Waals surface area contributed by atoms with Gasteiger partial charge in [0.25, 0.3) is 5.91 Å². The normalized spacial score (nSPS) is 15.7. The van der Waals surface area contributed by atoms with E-state index in [1.165, 1.54) is 0 Å². The first-order valence-corrected chi connectivity index (χ1v) is 13.9. The summed E-state index contributed by atoms with van der Waals surface area (Å²) in [4.78, 5) is 18.7. The molecule has 2 heterocycles. The molecule has 1 atom stereocenters. The molecule has 42 heavy (non-hydrogen) atoms. The number of fused-ring (bicyclic) bond motifs is 1. The maximum absolute atomic E-state index is 13.5. The van der Waals surface area contributed by atoms with E-state index in [9.17, 15) is 26.7 Å². The van der Waals surface area contributed by atoms with Crippen molar-refractivity contribution in [2.75, 3.05) is 23.3 Å². The van der Waals surface area contributed by atoms with Gasteiger partial charge in [0.1, 0.15) is 11.6 Å². The van der Waals surface area contributed by atoms with Gasteiger partial charge in [0, 0.05) is 38.3 Å². The van der Waals surface area contributed by atoms with E-state index in [-0.39, 0.29) is 45.8 Å². The predicted molar refractivity (Wildman–Crippen MR) is 154 cm³/mol. The van der Waals surface area contributed by atoms with Crippen LogP contribution in [0.4, 0.5) is 39.3 Å². The number of imidazole rings is 1. The van der Waals surface area contributed by atoms with Crippen LogP contribution in [0.25, 0.3) is 11.0 Å². The number of amides is 1. The van der Waals surface area contributed by atoms with Gasteiger partial charge < -0.3 is 20.1 Å². The van der Waals surface area contributed by atoms with Crippen molar-refractivity contribution in [3.63, 3.8) is 0 Å². The summed E-state index contributed by atoms with van der Waals surface area (Å²) in [5.41, 5.74) is 2.16. The molecule has 0 aliphatic carbocycles. The van der Waals surface area contributed by atoms with Crippen molar-refractivity contribution < 1.29 is 26.7 Å². The number of hydrogen-bond donors (Lipinski definition) is 2. The zero-order valence-corrected chi connectivity index (χ0v) is 24.2. The first-order valence-electron chi connectivity index (χ1n) is 12.8. The van der Waals surface area contributed by atoms with E-state index < -0.39 is 29.6 Å². The highest BCUT2D eigenvalue weighted by Crippen LogP contribution is 2.40. The fourth-order valence-corrected chi connectivity index (χ4v) is 5.75. The molecule has 1 aliphatic heterocycles. The van der Waals surface area contributed by atoms with Crippen LogP contribution in [0.2, 0.25) is 15.1 Å². The van der Waals surface area contributed by atoms with Gasteiger partial charge in [0.05, 0.1) is 43.4 Å². The Morgan fingerprint density at radius 3 is 2.45 bits per heavy atom. The van der Waals surface area contributed by atoms with E-state index in [2.05, 4.69) is 15.6 Å². The smallest absolute Gasteiger partial charge is 0.370 e. The Bertz CT molecular complexity index is 1660. The standard InChI is InChI=1S/C28H23Cl3F5N5O/c1-40-23-11-22(41-6-2-3-16(13-41)28(34,35)36)20(30)10-21(23)38-27(40)39-25-19(29)5-4-14(24(25)31)12-37-26(42)15-7-17(32)9-18(33)8-15/h4-5,7-11,16H,2-3,6,12-13H2,1H3,(H,37,42)(H,38,39). The second kappa shape index (κ2) is 11.8. The molecule has 6 nitrogen and oxygen atoms in total. The first kappa shape index (κ1) is 30.2. The summed E-state index contributed by atoms with van der Waals surface area (Å²) in [6.07, 6.45) is -3.82. The lowest BCUT2D eigenvalue weighted by molar-refractivity contribution is -0.175. The monoisotopic (exact) mass is 645 g/mol. The topological polar surface area (TPSA) is 62.2 Å². The summed E-state index contributed by atoms with van der Waals surface area (Å²) >= 11 is 19.5. The molecule has 0 saturated carbocycles. The largest absolute Gasteiger partial charge is 0.393 e. The minimum absolute atomic E-state index is 0.0715. The Kier molecular flexibility index (Phi) is 8.46. The highest BCUT2D eigenvalue weighted by Gasteiger charge is 2.42. The van der Waals surface area contributed by atoms with Crippen LogP contribution < -0.4 is 15.5 Å². The highest BCUT2D eigenvalue weighted by molar-refractivity contribution is 6.39. The maximum Gasteiger partial charge on any atom is 0.393 e. The van der Waals surface area contributed by atoms with Crippen molar-refractivity contribution in [3.8, 4) is 0 Å². The van der Waals surface area contributed by atoms with Crippen LogP contribution in [0.5, 0.6) is 0 Å². The number of carbonyl (C=O) groups excluding carboxylic acids is 1. The lowest BCUT2D eigenvalue weighted by atomic mass is 9.97. The molecule has 1 saturated heterocycles. The van der Waals surface area contributed by atoms with E-state index in [0.717, 1.165) is 12.1 Å². The highest BCUT2D eigenvalue weighted by atomic mass is 35.5. The molecule has 222 valence electrons. The molecular formula is C28H23Cl3F5N5O. The number of aromatic nitrogens is 2. The molecule has 2 N–H and O–H groups in total. The van der Waals surface area contributed by atoms with Gasteiger partial charge in [-0.1, -0.05) is 40.9 Å². The summed E-state index contributed by atoms with van der Waals surface area (Å²) in [6, 6.07) is 8.95. The van der Waals surface area contributed by atoms with Crippen molar-refractivity contribution in [3.05, 3.63) is 80.3 Å². The van der Waals surface area contributed by atoms with E-state index in [1.807, 2.05) is 0 Å². The number of aryl methyl sites for hydroxylation is 1. The maximum atomic E-state index is 13.5. The molecule has 3 aromatic carbocycles. The predicted octanol–water partition coefficient (Wildman–Crippen LogP) is 8.26. The van der Waals surface area contributed by atoms with Gasteiger partial charge >= 0.3 is 6.18 Å². The van der Waals surface area contributed by atoms with E-state index in [0.29, 0.717) is 47.3 Å². The molecule has 0 bridgehead atoms. The van der Waals surface area contributed by atoms with Gasteiger partial charge in [0.2, 0.25) is 5.95 Å². The number of nitrogens with one attached hydrogen (secondary N) is 2. The lowest BCUT2D eigenvalue weighted by Gasteiger charge is -2.35. The quantitative estimate of drug-likeness (QED) is 0.207. The fourth-order valence-electron chi connectivity index (χ4n) is 4.94. The summed E-state index contributed by atoms with van der Waals surface area (Å²) in [5, 5.41) is 6.36. The van der Waals surface area contributed by atoms with Crippen LogP contribution in [0.15, 0.2) is 42.5 Å². The van der Waals surface area contributed by atoms with E-state index in [1.54, 1.807) is 40.8 Å². The second-order valence-electron chi connectivity index (χ2n) is 9.97. The average molecular weight is 647 g/mol. The van der Waals surface area contributed by atoms with Crippen LogP contribution in [0.1, 0.15) is 28.8 Å². The number of halogens is 8. The minimum Gasteiger partial charge on any atom is -0.370 e. The molecule has 1 unspecified atom stereocenters. The molecular weight excluding hydrogens is 624 g/mol. The van der Waals surface area contributed by atoms with Gasteiger partial charge in [-0.2, -0.15) is 13.2 Å². The van der Waals surface area contributed by atoms with Crippen LogP contribution in [-0.2, 0) is 13.6 Å². The Labute approximate surface area is 252 Å². The van der Waals surface area contributed by atoms with Crippen LogP contribution in [0, 0.1) is 17.6 Å². The number of carbonyl (C=O) groups is 1.